The van der Waals surface area contributed by atoms with Gasteiger partial charge in [-0.3, -0.25) is 4.79 Å². The lowest BCUT2D eigenvalue weighted by molar-refractivity contribution is -0.123. The summed E-state index contributed by atoms with van der Waals surface area (Å²) in [5.41, 5.74) is 9.18. The molecule has 3 nitrogen and oxygen atoms in total. The van der Waals surface area contributed by atoms with Gasteiger partial charge in [0.1, 0.15) is 0 Å². The van der Waals surface area contributed by atoms with Crippen LogP contribution in [0.3, 0.4) is 0 Å². The summed E-state index contributed by atoms with van der Waals surface area (Å²) in [6.07, 6.45) is 3.75. The van der Waals surface area contributed by atoms with Gasteiger partial charge in [-0.05, 0) is 47.9 Å². The summed E-state index contributed by atoms with van der Waals surface area (Å²) in [7, 11) is 0. The highest BCUT2D eigenvalue weighted by Gasteiger charge is 2.23. The van der Waals surface area contributed by atoms with Crippen molar-refractivity contribution in [3.63, 3.8) is 0 Å². The van der Waals surface area contributed by atoms with E-state index in [1.165, 1.54) is 11.1 Å². The molecule has 0 aliphatic heterocycles. The minimum absolute atomic E-state index is 0. The molecule has 1 aromatic rings. The number of carbonyl (C=O) groups excluding carboxylic acids is 1. The summed E-state index contributed by atoms with van der Waals surface area (Å²) in [6, 6.07) is 6.18. The van der Waals surface area contributed by atoms with Crippen LogP contribution < -0.4 is 11.1 Å². The molecule has 1 atom stereocenters. The van der Waals surface area contributed by atoms with Crippen LogP contribution in [-0.4, -0.2) is 5.91 Å². The summed E-state index contributed by atoms with van der Waals surface area (Å²) in [6.45, 7) is 6.26. The van der Waals surface area contributed by atoms with Crippen LogP contribution in [-0.2, 0) is 11.2 Å². The number of hydrogen-bond acceptors (Lipinski definition) is 2. The Hall–Kier alpha value is -1.22. The number of hydrogen-bond donors (Lipinski definition) is 2. The van der Waals surface area contributed by atoms with Gasteiger partial charge < -0.3 is 11.1 Å². The molecule has 1 unspecified atom stereocenters. The van der Waals surface area contributed by atoms with Gasteiger partial charge in [0.05, 0.1) is 6.04 Å². The third-order valence-corrected chi connectivity index (χ3v) is 3.51. The van der Waals surface area contributed by atoms with E-state index in [0.29, 0.717) is 6.42 Å². The Morgan fingerprint density at radius 3 is 2.75 bits per heavy atom. The average Bonchev–Trinajstić information content (AvgIpc) is 2.26. The van der Waals surface area contributed by atoms with Crippen molar-refractivity contribution in [3.8, 4) is 0 Å². The molecule has 0 aromatic heterocycles. The number of aryl methyl sites for hydroxylation is 1. The van der Waals surface area contributed by atoms with Crippen molar-refractivity contribution in [1.82, 2.24) is 5.32 Å². The summed E-state index contributed by atoms with van der Waals surface area (Å²) >= 11 is 0. The topological polar surface area (TPSA) is 55.1 Å². The molecule has 0 radical (unpaired) electrons. The van der Waals surface area contributed by atoms with Crippen molar-refractivity contribution in [2.45, 2.75) is 52.5 Å². The van der Waals surface area contributed by atoms with Crippen molar-refractivity contribution in [3.05, 3.63) is 29.3 Å². The third kappa shape index (κ3) is 4.41. The molecule has 0 spiro atoms. The number of rotatable bonds is 2. The molecule has 0 saturated heterocycles. The maximum Gasteiger partial charge on any atom is 0.221 e. The maximum atomic E-state index is 12.1. The molecule has 20 heavy (non-hydrogen) atoms. The van der Waals surface area contributed by atoms with Crippen LogP contribution in [0, 0.1) is 5.41 Å². The van der Waals surface area contributed by atoms with Gasteiger partial charge in [-0.25, -0.2) is 0 Å². The van der Waals surface area contributed by atoms with Gasteiger partial charge in [-0.15, -0.1) is 12.4 Å². The monoisotopic (exact) mass is 296 g/mol. The molecule has 0 heterocycles. The van der Waals surface area contributed by atoms with Crippen molar-refractivity contribution in [1.29, 1.82) is 0 Å². The minimum atomic E-state index is 0. The lowest BCUT2D eigenvalue weighted by atomic mass is 9.86. The van der Waals surface area contributed by atoms with E-state index in [2.05, 4.69) is 32.2 Å². The number of nitrogens with two attached hydrogens (primary N) is 1. The molecule has 0 saturated carbocycles. The number of fused-ring (bicyclic) bond motifs is 1. The van der Waals surface area contributed by atoms with Crippen LogP contribution in [0.5, 0.6) is 0 Å². The van der Waals surface area contributed by atoms with Crippen LogP contribution >= 0.6 is 12.4 Å². The Bertz CT molecular complexity index is 480. The fourth-order valence-corrected chi connectivity index (χ4v) is 2.71. The largest absolute Gasteiger partial charge is 0.399 e. The van der Waals surface area contributed by atoms with Gasteiger partial charge in [0.15, 0.2) is 0 Å². The summed E-state index contributed by atoms with van der Waals surface area (Å²) in [5, 5.41) is 3.17. The Morgan fingerprint density at radius 2 is 2.10 bits per heavy atom. The van der Waals surface area contributed by atoms with Crippen LogP contribution in [0.15, 0.2) is 18.2 Å². The predicted octanol–water partition coefficient (Wildman–Crippen LogP) is 3.62. The number of nitrogen functional groups attached to an aromatic ring is 1. The second kappa shape index (κ2) is 6.49. The quantitative estimate of drug-likeness (QED) is 0.819. The maximum absolute atomic E-state index is 12.1. The highest BCUT2D eigenvalue weighted by Crippen LogP contribution is 2.31. The molecule has 1 aliphatic carbocycles. The number of anilines is 1. The molecule has 1 aromatic carbocycles. The van der Waals surface area contributed by atoms with E-state index in [4.69, 9.17) is 5.73 Å². The first kappa shape index (κ1) is 16.8. The van der Waals surface area contributed by atoms with E-state index in [9.17, 15) is 4.79 Å². The van der Waals surface area contributed by atoms with E-state index in [-0.39, 0.29) is 29.8 Å². The van der Waals surface area contributed by atoms with E-state index >= 15 is 0 Å². The van der Waals surface area contributed by atoms with Crippen molar-refractivity contribution < 1.29 is 4.79 Å². The van der Waals surface area contributed by atoms with Crippen molar-refractivity contribution in [2.75, 3.05) is 5.73 Å². The molecule has 0 fully saturated rings. The Labute approximate surface area is 127 Å². The first-order chi connectivity index (χ1) is 8.85. The smallest absolute Gasteiger partial charge is 0.221 e. The Balaban J connectivity index is 0.00000200. The normalized spacial score (nSPS) is 17.9. The van der Waals surface area contributed by atoms with Crippen LogP contribution in [0.4, 0.5) is 5.69 Å². The predicted molar refractivity (Wildman–Crippen MR) is 86.0 cm³/mol. The first-order valence-corrected chi connectivity index (χ1v) is 7.03. The van der Waals surface area contributed by atoms with Crippen molar-refractivity contribution in [2.24, 2.45) is 5.41 Å². The minimum Gasteiger partial charge on any atom is -0.399 e. The van der Waals surface area contributed by atoms with E-state index < -0.39 is 0 Å². The number of carbonyl (C=O) groups is 1. The zero-order valence-electron chi connectivity index (χ0n) is 12.5. The lowest BCUT2D eigenvalue weighted by Gasteiger charge is -2.28. The SMILES string of the molecule is CC(C)(C)CC(=O)NC1CCCc2cc(N)ccc21.Cl. The van der Waals surface area contributed by atoms with Gasteiger partial charge in [0.2, 0.25) is 5.91 Å². The van der Waals surface area contributed by atoms with Crippen LogP contribution in [0.2, 0.25) is 0 Å². The van der Waals surface area contributed by atoms with Crippen LogP contribution in [0.25, 0.3) is 0 Å². The summed E-state index contributed by atoms with van der Waals surface area (Å²) < 4.78 is 0. The van der Waals surface area contributed by atoms with Gasteiger partial charge in [0, 0.05) is 12.1 Å². The second-order valence-corrected chi connectivity index (χ2v) is 6.71. The number of nitrogens with one attached hydrogen (secondary N) is 1. The number of halogens is 1. The molecule has 4 heteroatoms. The molecule has 1 amide bonds. The molecule has 3 N–H and O–H groups in total. The van der Waals surface area contributed by atoms with Gasteiger partial charge >= 0.3 is 0 Å². The lowest BCUT2D eigenvalue weighted by Crippen LogP contribution is -2.33. The molecule has 2 rings (SSSR count). The van der Waals surface area contributed by atoms with E-state index in [1.807, 2.05) is 12.1 Å². The number of benzene rings is 1. The second-order valence-electron chi connectivity index (χ2n) is 6.71. The van der Waals surface area contributed by atoms with Crippen molar-refractivity contribution >= 4 is 24.0 Å². The number of amides is 1. The van der Waals surface area contributed by atoms with E-state index in [1.54, 1.807) is 0 Å². The molecule has 112 valence electrons. The van der Waals surface area contributed by atoms with E-state index in [0.717, 1.165) is 24.9 Å². The average molecular weight is 297 g/mol. The van der Waals surface area contributed by atoms with Gasteiger partial charge in [0.25, 0.3) is 0 Å². The first-order valence-electron chi connectivity index (χ1n) is 7.03. The Kier molecular flexibility index (Phi) is 5.46. The summed E-state index contributed by atoms with van der Waals surface area (Å²) in [5.74, 6) is 0.141. The van der Waals surface area contributed by atoms with Gasteiger partial charge in [-0.1, -0.05) is 26.8 Å². The highest BCUT2D eigenvalue weighted by molar-refractivity contribution is 5.85. The van der Waals surface area contributed by atoms with Crippen LogP contribution in [0.1, 0.15) is 57.2 Å². The standard InChI is InChI=1S/C16H24N2O.ClH/c1-16(2,3)10-15(19)18-14-6-4-5-11-9-12(17)7-8-13(11)14;/h7-9,14H,4-6,10,17H2,1-3H3,(H,18,19);1H. The highest BCUT2D eigenvalue weighted by atomic mass is 35.5. The molecular formula is C16H25ClN2O. The molecular weight excluding hydrogens is 272 g/mol. The third-order valence-electron chi connectivity index (χ3n) is 3.51. The zero-order valence-corrected chi connectivity index (χ0v) is 13.3. The fourth-order valence-electron chi connectivity index (χ4n) is 2.71. The summed E-state index contributed by atoms with van der Waals surface area (Å²) in [4.78, 5) is 12.1. The molecule has 0 bridgehead atoms. The fraction of sp³-hybridized carbons (Fsp3) is 0.562. The van der Waals surface area contributed by atoms with Gasteiger partial charge in [-0.2, -0.15) is 0 Å². The Morgan fingerprint density at radius 1 is 1.40 bits per heavy atom. The molecule has 1 aliphatic rings. The zero-order chi connectivity index (χ0) is 14.0.